The molecule has 122 valence electrons. The number of fused-ring (bicyclic) bond motifs is 1. The maximum absolute atomic E-state index is 13.2. The molecule has 2 amide bonds. The maximum Gasteiger partial charge on any atom is 0.230 e. The lowest BCUT2D eigenvalue weighted by atomic mass is 10.2. The van der Waals surface area contributed by atoms with E-state index in [0.717, 1.165) is 12.1 Å². The lowest BCUT2D eigenvalue weighted by Gasteiger charge is -2.17. The largest absolute Gasteiger partial charge is 0.326 e. The first-order chi connectivity index (χ1) is 11.6. The van der Waals surface area contributed by atoms with E-state index in [1.54, 1.807) is 17.0 Å². The first-order valence-electron chi connectivity index (χ1n) is 8.09. The fourth-order valence-corrected chi connectivity index (χ4v) is 3.33. The van der Waals surface area contributed by atoms with Crippen molar-refractivity contribution in [3.63, 3.8) is 0 Å². The summed E-state index contributed by atoms with van der Waals surface area (Å²) in [6.07, 6.45) is 1.41. The number of carbonyl (C=O) groups is 2. The second kappa shape index (κ2) is 5.74. The Morgan fingerprint density at radius 3 is 2.75 bits per heavy atom. The fraction of sp³-hybridized carbons (Fsp3) is 0.263. The number of para-hydroxylation sites is 1. The van der Waals surface area contributed by atoms with Crippen molar-refractivity contribution < 1.29 is 14.0 Å². The van der Waals surface area contributed by atoms with Crippen molar-refractivity contribution >= 4 is 23.2 Å². The average Bonchev–Trinajstić information content (AvgIpc) is 3.27. The molecule has 1 aliphatic heterocycles. The normalized spacial score (nSPS) is 21.3. The highest BCUT2D eigenvalue weighted by Gasteiger charge is 2.50. The Balaban J connectivity index is 1.41. The second-order valence-electron chi connectivity index (χ2n) is 6.32. The number of amides is 2. The van der Waals surface area contributed by atoms with Gasteiger partial charge in [-0.2, -0.15) is 0 Å². The van der Waals surface area contributed by atoms with Gasteiger partial charge in [0.15, 0.2) is 0 Å². The highest BCUT2D eigenvalue weighted by Crippen LogP contribution is 2.43. The minimum Gasteiger partial charge on any atom is -0.326 e. The van der Waals surface area contributed by atoms with Crippen molar-refractivity contribution in [3.05, 3.63) is 59.9 Å². The molecule has 2 atom stereocenters. The molecule has 1 N–H and O–H groups in total. The van der Waals surface area contributed by atoms with E-state index in [1.165, 1.54) is 17.7 Å². The first kappa shape index (κ1) is 14.9. The molecule has 1 heterocycles. The Morgan fingerprint density at radius 2 is 1.92 bits per heavy atom. The average molecular weight is 324 g/mol. The summed E-state index contributed by atoms with van der Waals surface area (Å²) in [6, 6.07) is 13.6. The van der Waals surface area contributed by atoms with E-state index in [2.05, 4.69) is 5.32 Å². The van der Waals surface area contributed by atoms with Gasteiger partial charge < -0.3 is 10.2 Å². The summed E-state index contributed by atoms with van der Waals surface area (Å²) < 4.78 is 13.2. The van der Waals surface area contributed by atoms with E-state index in [9.17, 15) is 14.0 Å². The van der Waals surface area contributed by atoms with Crippen LogP contribution in [-0.2, 0) is 16.0 Å². The maximum atomic E-state index is 13.2. The van der Waals surface area contributed by atoms with Crippen LogP contribution in [0.3, 0.4) is 0 Å². The van der Waals surface area contributed by atoms with Gasteiger partial charge in [-0.05, 0) is 42.7 Å². The number of nitrogens with zero attached hydrogens (tertiary/aromatic N) is 1. The van der Waals surface area contributed by atoms with Crippen molar-refractivity contribution in [1.29, 1.82) is 0 Å². The zero-order valence-electron chi connectivity index (χ0n) is 13.0. The summed E-state index contributed by atoms with van der Waals surface area (Å²) in [6.45, 7) is 0.674. The van der Waals surface area contributed by atoms with Crippen LogP contribution >= 0.6 is 0 Å². The molecule has 2 aliphatic rings. The Morgan fingerprint density at radius 1 is 1.08 bits per heavy atom. The molecule has 2 aromatic rings. The van der Waals surface area contributed by atoms with Crippen LogP contribution in [0.1, 0.15) is 12.0 Å². The van der Waals surface area contributed by atoms with Crippen LogP contribution in [0, 0.1) is 17.7 Å². The molecule has 0 aromatic heterocycles. The number of hydrogen-bond acceptors (Lipinski definition) is 2. The molecule has 0 radical (unpaired) electrons. The number of hydrogen-bond donors (Lipinski definition) is 1. The number of rotatable bonds is 3. The van der Waals surface area contributed by atoms with Gasteiger partial charge in [0.25, 0.3) is 0 Å². The molecule has 5 heteroatoms. The van der Waals surface area contributed by atoms with E-state index in [4.69, 9.17) is 0 Å². The van der Waals surface area contributed by atoms with E-state index in [-0.39, 0.29) is 23.7 Å². The van der Waals surface area contributed by atoms with Crippen LogP contribution in [0.25, 0.3) is 0 Å². The van der Waals surface area contributed by atoms with Gasteiger partial charge in [0, 0.05) is 17.9 Å². The Labute approximate surface area is 139 Å². The third kappa shape index (κ3) is 2.66. The molecule has 1 saturated carbocycles. The van der Waals surface area contributed by atoms with E-state index in [0.29, 0.717) is 18.7 Å². The number of halogens is 1. The SMILES string of the molecule is O=C(Nc1cccc(F)c1)C1CC1C(=O)N1CCc2ccccc21. The Bertz CT molecular complexity index is 821. The Kier molecular flexibility index (Phi) is 3.56. The number of benzene rings is 2. The van der Waals surface area contributed by atoms with Gasteiger partial charge in [-0.25, -0.2) is 4.39 Å². The number of carbonyl (C=O) groups excluding carboxylic acids is 2. The highest BCUT2D eigenvalue weighted by molar-refractivity contribution is 6.05. The quantitative estimate of drug-likeness (QED) is 0.943. The zero-order chi connectivity index (χ0) is 16.7. The van der Waals surface area contributed by atoms with Crippen molar-refractivity contribution in [2.45, 2.75) is 12.8 Å². The standard InChI is InChI=1S/C19H17FN2O2/c20-13-5-3-6-14(10-13)21-18(23)15-11-16(15)19(24)22-9-8-12-4-1-2-7-17(12)22/h1-7,10,15-16H,8-9,11H2,(H,21,23). The molecule has 1 aliphatic carbocycles. The molecule has 4 rings (SSSR count). The van der Waals surface area contributed by atoms with Gasteiger partial charge in [0.2, 0.25) is 11.8 Å². The molecule has 2 aromatic carbocycles. The van der Waals surface area contributed by atoms with E-state index in [1.807, 2.05) is 24.3 Å². The van der Waals surface area contributed by atoms with Gasteiger partial charge >= 0.3 is 0 Å². The minimum atomic E-state index is -0.398. The van der Waals surface area contributed by atoms with Gasteiger partial charge in [-0.15, -0.1) is 0 Å². The molecule has 0 bridgehead atoms. The summed E-state index contributed by atoms with van der Waals surface area (Å²) in [4.78, 5) is 26.7. The molecular formula is C19H17FN2O2. The molecule has 2 unspecified atom stereocenters. The van der Waals surface area contributed by atoms with Crippen LogP contribution < -0.4 is 10.2 Å². The number of anilines is 2. The molecule has 4 nitrogen and oxygen atoms in total. The lowest BCUT2D eigenvalue weighted by Crippen LogP contribution is -2.31. The van der Waals surface area contributed by atoms with Crippen LogP contribution in [-0.4, -0.2) is 18.4 Å². The minimum absolute atomic E-state index is 0.0133. The van der Waals surface area contributed by atoms with Gasteiger partial charge in [0.1, 0.15) is 5.82 Å². The monoisotopic (exact) mass is 324 g/mol. The fourth-order valence-electron chi connectivity index (χ4n) is 3.33. The Hall–Kier alpha value is -2.69. The summed E-state index contributed by atoms with van der Waals surface area (Å²) in [7, 11) is 0. The first-order valence-corrected chi connectivity index (χ1v) is 8.09. The molecule has 0 spiro atoms. The van der Waals surface area contributed by atoms with Crippen LogP contribution in [0.4, 0.5) is 15.8 Å². The topological polar surface area (TPSA) is 49.4 Å². The van der Waals surface area contributed by atoms with Crippen molar-refractivity contribution in [3.8, 4) is 0 Å². The molecule has 1 fully saturated rings. The van der Waals surface area contributed by atoms with Crippen LogP contribution in [0.15, 0.2) is 48.5 Å². The van der Waals surface area contributed by atoms with Crippen LogP contribution in [0.2, 0.25) is 0 Å². The van der Waals surface area contributed by atoms with Crippen molar-refractivity contribution in [1.82, 2.24) is 0 Å². The lowest BCUT2D eigenvalue weighted by molar-refractivity contribution is -0.123. The smallest absolute Gasteiger partial charge is 0.230 e. The second-order valence-corrected chi connectivity index (χ2v) is 6.32. The summed E-state index contributed by atoms with van der Waals surface area (Å²) in [5, 5.41) is 2.69. The zero-order valence-corrected chi connectivity index (χ0v) is 13.0. The van der Waals surface area contributed by atoms with E-state index >= 15 is 0 Å². The van der Waals surface area contributed by atoms with Crippen molar-refractivity contribution in [2.75, 3.05) is 16.8 Å². The van der Waals surface area contributed by atoms with Gasteiger partial charge in [-0.1, -0.05) is 24.3 Å². The number of nitrogens with one attached hydrogen (secondary N) is 1. The summed E-state index contributed by atoms with van der Waals surface area (Å²) in [5.74, 6) is -1.20. The van der Waals surface area contributed by atoms with Gasteiger partial charge in [-0.3, -0.25) is 9.59 Å². The third-order valence-corrected chi connectivity index (χ3v) is 4.69. The molecule has 24 heavy (non-hydrogen) atoms. The predicted octanol–water partition coefficient (Wildman–Crippen LogP) is 2.99. The predicted molar refractivity (Wildman–Crippen MR) is 89.1 cm³/mol. The van der Waals surface area contributed by atoms with E-state index < -0.39 is 5.82 Å². The van der Waals surface area contributed by atoms with Gasteiger partial charge in [0.05, 0.1) is 11.8 Å². The molecule has 0 saturated heterocycles. The highest BCUT2D eigenvalue weighted by atomic mass is 19.1. The van der Waals surface area contributed by atoms with Crippen molar-refractivity contribution in [2.24, 2.45) is 11.8 Å². The summed E-state index contributed by atoms with van der Waals surface area (Å²) in [5.41, 5.74) is 2.55. The third-order valence-electron chi connectivity index (χ3n) is 4.69. The summed E-state index contributed by atoms with van der Waals surface area (Å²) >= 11 is 0. The van der Waals surface area contributed by atoms with Crippen LogP contribution in [0.5, 0.6) is 0 Å². The molecular weight excluding hydrogens is 307 g/mol.